The molecule has 2 heterocycles. The quantitative estimate of drug-likeness (QED) is 0.617. The Labute approximate surface area is 182 Å². The fourth-order valence-corrected chi connectivity index (χ4v) is 3.50. The zero-order valence-electron chi connectivity index (χ0n) is 16.8. The van der Waals surface area contributed by atoms with E-state index in [1.807, 2.05) is 0 Å². The monoisotopic (exact) mass is 477 g/mol. The first-order valence-electron chi connectivity index (χ1n) is 9.36. The van der Waals surface area contributed by atoms with Crippen molar-refractivity contribution in [3.8, 4) is 5.75 Å². The van der Waals surface area contributed by atoms with E-state index in [1.165, 1.54) is 6.07 Å². The summed E-state index contributed by atoms with van der Waals surface area (Å²) in [4.78, 5) is 27.8. The first-order chi connectivity index (χ1) is 15.3. The van der Waals surface area contributed by atoms with Crippen LogP contribution in [0.5, 0.6) is 5.75 Å². The van der Waals surface area contributed by atoms with Crippen molar-refractivity contribution < 1.29 is 45.4 Å². The van der Waals surface area contributed by atoms with Crippen molar-refractivity contribution in [3.05, 3.63) is 53.6 Å². The maximum absolute atomic E-state index is 13.7. The van der Waals surface area contributed by atoms with Gasteiger partial charge in [-0.25, -0.2) is 4.39 Å². The smallest absolute Gasteiger partial charge is 0.417 e. The number of anilines is 1. The third-order valence-corrected chi connectivity index (χ3v) is 5.09. The van der Waals surface area contributed by atoms with E-state index in [4.69, 9.17) is 10.5 Å². The number of hydrogen-bond acceptors (Lipinski definition) is 5. The Kier molecular flexibility index (Phi) is 6.54. The minimum Gasteiger partial charge on any atom is -0.434 e. The first kappa shape index (κ1) is 24.3. The average molecular weight is 477 g/mol. The number of halogens is 6. The summed E-state index contributed by atoms with van der Waals surface area (Å²) in [6.45, 7) is -2.68. The molecule has 0 aliphatic carbocycles. The van der Waals surface area contributed by atoms with E-state index in [2.05, 4.69) is 15.0 Å². The molecule has 7 nitrogen and oxygen atoms in total. The number of benzene rings is 1. The van der Waals surface area contributed by atoms with Crippen LogP contribution in [0.1, 0.15) is 35.3 Å². The van der Waals surface area contributed by atoms with Gasteiger partial charge in [-0.15, -0.1) is 0 Å². The maximum Gasteiger partial charge on any atom is 0.417 e. The molecule has 33 heavy (non-hydrogen) atoms. The summed E-state index contributed by atoms with van der Waals surface area (Å²) >= 11 is 0. The van der Waals surface area contributed by atoms with Gasteiger partial charge >= 0.3 is 12.8 Å². The predicted octanol–water partition coefficient (Wildman–Crippen LogP) is 3.75. The highest BCUT2D eigenvalue weighted by molar-refractivity contribution is 5.97. The van der Waals surface area contributed by atoms with Crippen LogP contribution in [0, 0.1) is 5.82 Å². The molecular formula is C20H17F6N3O4. The summed E-state index contributed by atoms with van der Waals surface area (Å²) in [6, 6.07) is 4.73. The number of nitrogens with two attached hydrogens (primary N) is 1. The van der Waals surface area contributed by atoms with Gasteiger partial charge in [0.05, 0.1) is 0 Å². The van der Waals surface area contributed by atoms with Crippen LogP contribution in [0.25, 0.3) is 0 Å². The zero-order chi connectivity index (χ0) is 24.6. The molecule has 1 aromatic heterocycles. The Morgan fingerprint density at radius 1 is 1.27 bits per heavy atom. The summed E-state index contributed by atoms with van der Waals surface area (Å²) in [7, 11) is 0. The lowest BCUT2D eigenvalue weighted by Crippen LogP contribution is -2.43. The van der Waals surface area contributed by atoms with Gasteiger partial charge in [0, 0.05) is 29.4 Å². The highest BCUT2D eigenvalue weighted by Crippen LogP contribution is 2.51. The molecule has 0 unspecified atom stereocenters. The second kappa shape index (κ2) is 8.89. The summed E-state index contributed by atoms with van der Waals surface area (Å²) in [5.74, 6) is -5.09. The van der Waals surface area contributed by atoms with Crippen molar-refractivity contribution in [2.45, 2.75) is 43.8 Å². The molecule has 13 heteroatoms. The van der Waals surface area contributed by atoms with Gasteiger partial charge in [0.2, 0.25) is 0 Å². The van der Waals surface area contributed by atoms with E-state index in [0.717, 1.165) is 24.4 Å². The summed E-state index contributed by atoms with van der Waals surface area (Å²) in [6.07, 6.45) is -6.44. The molecule has 0 bridgehead atoms. The molecule has 178 valence electrons. The highest BCUT2D eigenvalue weighted by Gasteiger charge is 2.61. The molecule has 1 saturated heterocycles. The van der Waals surface area contributed by atoms with Gasteiger partial charge in [-0.2, -0.15) is 22.0 Å². The van der Waals surface area contributed by atoms with Crippen molar-refractivity contribution in [1.29, 1.82) is 0 Å². The summed E-state index contributed by atoms with van der Waals surface area (Å²) in [5, 5.41) is 2.30. The van der Waals surface area contributed by atoms with Crippen LogP contribution in [0.2, 0.25) is 0 Å². The number of ether oxygens (including phenoxy) is 2. The number of nitrogens with one attached hydrogen (secondary N) is 1. The van der Waals surface area contributed by atoms with E-state index in [-0.39, 0.29) is 16.9 Å². The summed E-state index contributed by atoms with van der Waals surface area (Å²) < 4.78 is 89.7. The van der Waals surface area contributed by atoms with Crippen LogP contribution >= 0.6 is 0 Å². The molecule has 3 N–H and O–H groups in total. The topological polar surface area (TPSA) is 104 Å². The second-order valence-corrected chi connectivity index (χ2v) is 7.42. The van der Waals surface area contributed by atoms with Crippen LogP contribution in [-0.2, 0) is 9.53 Å². The largest absolute Gasteiger partial charge is 0.434 e. The highest BCUT2D eigenvalue weighted by atomic mass is 19.4. The minimum atomic E-state index is -4.92. The van der Waals surface area contributed by atoms with Crippen LogP contribution in [-0.4, -0.2) is 41.3 Å². The third kappa shape index (κ3) is 5.18. The summed E-state index contributed by atoms with van der Waals surface area (Å²) in [5.41, 5.74) is 1.80. The molecule has 0 saturated carbocycles. The van der Waals surface area contributed by atoms with Gasteiger partial charge in [0.15, 0.2) is 5.60 Å². The van der Waals surface area contributed by atoms with Gasteiger partial charge < -0.3 is 20.5 Å². The predicted molar refractivity (Wildman–Crippen MR) is 101 cm³/mol. The fraction of sp³-hybridized carbons (Fsp3) is 0.350. The van der Waals surface area contributed by atoms with Gasteiger partial charge in [0.25, 0.3) is 11.8 Å². The SMILES string of the molecule is C[C@]1(C(F)(F)F)C[C@H](c2ccc(F)cc2OC(F)F)[C@H](C(=O)Nc2ccnc(C(N)=O)c2)O1. The van der Waals surface area contributed by atoms with Crippen LogP contribution in [0.15, 0.2) is 36.5 Å². The lowest BCUT2D eigenvalue weighted by Gasteiger charge is -2.27. The van der Waals surface area contributed by atoms with Crippen LogP contribution < -0.4 is 15.8 Å². The number of amides is 2. The van der Waals surface area contributed by atoms with Crippen LogP contribution in [0.4, 0.5) is 32.0 Å². The Balaban J connectivity index is 2.00. The molecule has 3 atom stereocenters. The van der Waals surface area contributed by atoms with Gasteiger partial charge in [0.1, 0.15) is 23.4 Å². The third-order valence-electron chi connectivity index (χ3n) is 5.09. The van der Waals surface area contributed by atoms with Gasteiger partial charge in [-0.05, 0) is 31.5 Å². The molecule has 3 rings (SSSR count). The van der Waals surface area contributed by atoms with Crippen molar-refractivity contribution in [1.82, 2.24) is 4.98 Å². The molecule has 1 fully saturated rings. The van der Waals surface area contributed by atoms with E-state index >= 15 is 0 Å². The standard InChI is InChI=1S/C20H17F6N3O4/c1-19(20(24,25)26)8-12(11-3-2-9(21)6-14(11)32-18(22)23)15(33-19)17(31)29-10-4-5-28-13(7-10)16(27)30/h2-7,12,15,18H,8H2,1H3,(H2,27,30)(H,28,29,31)/t12-,15-,19-/m1/s1. The average Bonchev–Trinajstić information content (AvgIpc) is 3.07. The van der Waals surface area contributed by atoms with E-state index in [1.54, 1.807) is 0 Å². The first-order valence-corrected chi connectivity index (χ1v) is 9.36. The maximum atomic E-state index is 13.7. The molecule has 0 spiro atoms. The number of hydrogen-bond donors (Lipinski definition) is 2. The number of primary amides is 1. The van der Waals surface area contributed by atoms with Crippen LogP contribution in [0.3, 0.4) is 0 Å². The lowest BCUT2D eigenvalue weighted by atomic mass is 9.86. The number of aromatic nitrogens is 1. The number of carbonyl (C=O) groups excluding carboxylic acids is 2. The van der Waals surface area contributed by atoms with E-state index in [0.29, 0.717) is 13.0 Å². The van der Waals surface area contributed by atoms with Crippen molar-refractivity contribution in [3.63, 3.8) is 0 Å². The molecule has 2 aromatic rings. The van der Waals surface area contributed by atoms with Crippen molar-refractivity contribution in [2.75, 3.05) is 5.32 Å². The Morgan fingerprint density at radius 2 is 1.97 bits per heavy atom. The second-order valence-electron chi connectivity index (χ2n) is 7.42. The lowest BCUT2D eigenvalue weighted by molar-refractivity contribution is -0.261. The van der Waals surface area contributed by atoms with E-state index < -0.39 is 60.2 Å². The normalized spacial score (nSPS) is 22.9. The zero-order valence-corrected chi connectivity index (χ0v) is 16.8. The van der Waals surface area contributed by atoms with Crippen molar-refractivity contribution >= 4 is 17.5 Å². The number of pyridine rings is 1. The minimum absolute atomic E-state index is 0.0186. The Bertz CT molecular complexity index is 1060. The molecule has 1 aliphatic heterocycles. The molecule has 1 aliphatic rings. The molecule has 2 amide bonds. The van der Waals surface area contributed by atoms with Crippen molar-refractivity contribution in [2.24, 2.45) is 5.73 Å². The molecular weight excluding hydrogens is 460 g/mol. The Morgan fingerprint density at radius 3 is 2.58 bits per heavy atom. The van der Waals surface area contributed by atoms with E-state index in [9.17, 15) is 35.9 Å². The number of rotatable bonds is 6. The fourth-order valence-electron chi connectivity index (χ4n) is 3.50. The van der Waals surface area contributed by atoms with Gasteiger partial charge in [-0.1, -0.05) is 6.07 Å². The van der Waals surface area contributed by atoms with Gasteiger partial charge in [-0.3, -0.25) is 14.6 Å². The Hall–Kier alpha value is -3.35. The molecule has 1 aromatic carbocycles. The number of alkyl halides is 5. The number of carbonyl (C=O) groups is 2. The molecule has 0 radical (unpaired) electrons. The number of nitrogens with zero attached hydrogens (tertiary/aromatic N) is 1.